The molecule has 0 aromatic carbocycles. The molecule has 1 nitrogen and oxygen atoms in total. The number of rotatable bonds is 0. The van der Waals surface area contributed by atoms with Crippen LogP contribution >= 0.6 is 8.46 Å². The second kappa shape index (κ2) is 17.9. The molecule has 0 aromatic rings. The van der Waals surface area contributed by atoms with Crippen LogP contribution < -0.4 is 0 Å². The van der Waals surface area contributed by atoms with Crippen molar-refractivity contribution in [1.82, 2.24) is 0 Å². The maximum atomic E-state index is 8.90. The largest absolute Gasteiger partial charge is 0.275 e. The molecule has 0 N–H and O–H groups in total. The summed E-state index contributed by atoms with van der Waals surface area (Å²) in [6, 6.07) is 0. The molecule has 0 rings (SSSR count). The van der Waals surface area contributed by atoms with Gasteiger partial charge in [-0.3, -0.25) is 4.57 Å². The second-order valence-electron chi connectivity index (χ2n) is 0.183. The van der Waals surface area contributed by atoms with Crippen LogP contribution in [-0.2, 0) is 46.7 Å². The van der Waals surface area contributed by atoms with Crippen LogP contribution in [0.3, 0.4) is 0 Å². The maximum Gasteiger partial charge on any atom is 0.151 e. The third kappa shape index (κ3) is 30.4. The van der Waals surface area contributed by atoms with Gasteiger partial charge in [0, 0.05) is 48.8 Å². The zero-order valence-corrected chi connectivity index (χ0v) is 9.43. The summed E-state index contributed by atoms with van der Waals surface area (Å²) in [5.74, 6) is 0. The molecule has 0 bridgehead atoms. The Labute approximate surface area is 61.6 Å². The van der Waals surface area contributed by atoms with Crippen LogP contribution in [0.1, 0.15) is 0 Å². The van der Waals surface area contributed by atoms with Gasteiger partial charge in [-0.1, -0.05) is 0 Å². The first-order chi connectivity index (χ1) is 1.41. The van der Waals surface area contributed by atoms with Gasteiger partial charge in [-0.15, -0.1) is 0 Å². The predicted octanol–water partition coefficient (Wildman–Crippen LogP) is 0.903. The molecule has 4 heteroatoms. The van der Waals surface area contributed by atoms with Crippen LogP contribution in [0, 0.1) is 0 Å². The zero-order chi connectivity index (χ0) is 2.71. The van der Waals surface area contributed by atoms with Crippen molar-refractivity contribution in [2.24, 2.45) is 0 Å². The minimum absolute atomic E-state index is 0. The molecular weight excluding hydrogens is 427 g/mol. The number of hydrogen-bond acceptors (Lipinski definition) is 1. The Morgan fingerprint density at radius 2 is 1.40 bits per heavy atom. The molecule has 0 aliphatic rings. The fourth-order valence-electron chi connectivity index (χ4n) is 0. The van der Waals surface area contributed by atoms with Gasteiger partial charge in [0.25, 0.3) is 0 Å². The SMILES string of the molecule is CP=O.[W].[W]. The summed E-state index contributed by atoms with van der Waals surface area (Å²) in [7, 11) is 0.167. The molecule has 0 aromatic heterocycles. The fourth-order valence-corrected chi connectivity index (χ4v) is 0. The van der Waals surface area contributed by atoms with Gasteiger partial charge < -0.3 is 0 Å². The monoisotopic (exact) mass is 430 g/mol. The molecular formula is CH3OPW2. The molecule has 0 aliphatic carbocycles. The molecule has 0 unspecified atom stereocenters. The van der Waals surface area contributed by atoms with E-state index >= 15 is 0 Å². The molecule has 0 aliphatic heterocycles. The quantitative estimate of drug-likeness (QED) is 0.523. The van der Waals surface area contributed by atoms with E-state index in [1.54, 1.807) is 6.66 Å². The van der Waals surface area contributed by atoms with Crippen molar-refractivity contribution in [3.63, 3.8) is 0 Å². The molecule has 0 atom stereocenters. The van der Waals surface area contributed by atoms with Crippen molar-refractivity contribution < 1.29 is 46.7 Å². The van der Waals surface area contributed by atoms with E-state index in [0.717, 1.165) is 0 Å². The van der Waals surface area contributed by atoms with Gasteiger partial charge in [-0.05, 0) is 0 Å². The third-order valence-corrected chi connectivity index (χ3v) is 0. The van der Waals surface area contributed by atoms with Crippen molar-refractivity contribution in [3.8, 4) is 0 Å². The third-order valence-electron chi connectivity index (χ3n) is 0. The molecule has 30 valence electrons. The van der Waals surface area contributed by atoms with E-state index in [-0.39, 0.29) is 50.6 Å². The molecule has 0 fully saturated rings. The first-order valence-electron chi connectivity index (χ1n) is 0.630. The molecule has 0 saturated carbocycles. The van der Waals surface area contributed by atoms with Crippen LogP contribution in [0.25, 0.3) is 0 Å². The van der Waals surface area contributed by atoms with Crippen molar-refractivity contribution in [2.75, 3.05) is 6.66 Å². The Hall–Kier alpha value is 1.48. The predicted molar refractivity (Wildman–Crippen MR) is 13.5 cm³/mol. The van der Waals surface area contributed by atoms with Crippen molar-refractivity contribution in [2.45, 2.75) is 0 Å². The Morgan fingerprint density at radius 3 is 1.40 bits per heavy atom. The first-order valence-corrected chi connectivity index (χ1v) is 1.89. The Kier molecular flexibility index (Phi) is 57.5. The molecule has 0 spiro atoms. The minimum Gasteiger partial charge on any atom is -0.275 e. The van der Waals surface area contributed by atoms with E-state index < -0.39 is 0 Å². The summed E-state index contributed by atoms with van der Waals surface area (Å²) in [5.41, 5.74) is 0. The van der Waals surface area contributed by atoms with Crippen LogP contribution in [-0.4, -0.2) is 6.66 Å². The standard InChI is InChI=1S/CH3OP.2W/c1-3-2;;/h1H3;;. The van der Waals surface area contributed by atoms with E-state index in [0.29, 0.717) is 0 Å². The van der Waals surface area contributed by atoms with Gasteiger partial charge in [-0.2, -0.15) is 0 Å². The van der Waals surface area contributed by atoms with Crippen LogP contribution in [0.2, 0.25) is 0 Å². The average molecular weight is 430 g/mol. The van der Waals surface area contributed by atoms with Gasteiger partial charge >= 0.3 is 0 Å². The molecule has 0 amide bonds. The van der Waals surface area contributed by atoms with Crippen LogP contribution in [0.4, 0.5) is 0 Å². The minimum atomic E-state index is 0. The van der Waals surface area contributed by atoms with Gasteiger partial charge in [0.15, 0.2) is 8.46 Å². The summed E-state index contributed by atoms with van der Waals surface area (Å²) in [4.78, 5) is 0. The molecule has 5 heavy (non-hydrogen) atoms. The normalized spacial score (nSPS) is 4.20. The van der Waals surface area contributed by atoms with Gasteiger partial charge in [0.05, 0.1) is 0 Å². The summed E-state index contributed by atoms with van der Waals surface area (Å²) in [5, 5.41) is 0. The fraction of sp³-hybridized carbons (Fsp3) is 1.00. The average Bonchev–Trinajstić information content (AvgIpc) is 0.918. The summed E-state index contributed by atoms with van der Waals surface area (Å²) in [6.07, 6.45) is 0. The van der Waals surface area contributed by atoms with Gasteiger partial charge in [0.1, 0.15) is 0 Å². The van der Waals surface area contributed by atoms with Crippen LogP contribution in [0.5, 0.6) is 0 Å². The smallest absolute Gasteiger partial charge is 0.151 e. The van der Waals surface area contributed by atoms with Crippen molar-refractivity contribution >= 4 is 8.46 Å². The van der Waals surface area contributed by atoms with Gasteiger partial charge in [-0.25, -0.2) is 0 Å². The van der Waals surface area contributed by atoms with E-state index in [2.05, 4.69) is 0 Å². The van der Waals surface area contributed by atoms with Crippen molar-refractivity contribution in [1.29, 1.82) is 0 Å². The molecule has 0 radical (unpaired) electrons. The summed E-state index contributed by atoms with van der Waals surface area (Å²) in [6.45, 7) is 1.54. The Balaban J connectivity index is -0.0000000200. The summed E-state index contributed by atoms with van der Waals surface area (Å²) < 4.78 is 8.90. The van der Waals surface area contributed by atoms with E-state index in [1.807, 2.05) is 0 Å². The van der Waals surface area contributed by atoms with Gasteiger partial charge in [0.2, 0.25) is 0 Å². The first kappa shape index (κ1) is 16.1. The van der Waals surface area contributed by atoms with E-state index in [4.69, 9.17) is 4.57 Å². The second-order valence-corrected chi connectivity index (χ2v) is 0.548. The zero-order valence-electron chi connectivity index (χ0n) is 2.67. The van der Waals surface area contributed by atoms with E-state index in [1.165, 1.54) is 0 Å². The number of hydrogen-bond donors (Lipinski definition) is 0. The molecule has 0 heterocycles. The Morgan fingerprint density at radius 1 is 1.40 bits per heavy atom. The maximum absolute atomic E-state index is 8.90. The Bertz CT molecular complexity index is 17.1. The van der Waals surface area contributed by atoms with Crippen molar-refractivity contribution in [3.05, 3.63) is 0 Å². The van der Waals surface area contributed by atoms with E-state index in [9.17, 15) is 0 Å². The van der Waals surface area contributed by atoms with Crippen LogP contribution in [0.15, 0.2) is 0 Å². The molecule has 0 saturated heterocycles. The topological polar surface area (TPSA) is 17.1 Å². The summed E-state index contributed by atoms with van der Waals surface area (Å²) >= 11 is 0.